The molecule has 2 aromatic heterocycles. The van der Waals surface area contributed by atoms with Crippen LogP contribution in [0.4, 0.5) is 0 Å². The highest BCUT2D eigenvalue weighted by Gasteiger charge is 2.30. The summed E-state index contributed by atoms with van der Waals surface area (Å²) in [5.41, 5.74) is 3.13. The van der Waals surface area contributed by atoms with E-state index in [-0.39, 0.29) is 17.7 Å². The van der Waals surface area contributed by atoms with Crippen LogP contribution >= 0.6 is 11.6 Å². The van der Waals surface area contributed by atoms with Crippen molar-refractivity contribution in [2.45, 2.75) is 39.8 Å². The quantitative estimate of drug-likeness (QED) is 0.611. The third-order valence-electron chi connectivity index (χ3n) is 6.04. The molecule has 0 radical (unpaired) electrons. The molecule has 2 amide bonds. The number of benzene rings is 1. The van der Waals surface area contributed by atoms with E-state index >= 15 is 0 Å². The van der Waals surface area contributed by atoms with Crippen LogP contribution in [-0.4, -0.2) is 39.6 Å². The van der Waals surface area contributed by atoms with E-state index in [1.807, 2.05) is 53.8 Å². The zero-order valence-electron chi connectivity index (χ0n) is 18.3. The first-order valence-corrected chi connectivity index (χ1v) is 11.2. The lowest BCUT2D eigenvalue weighted by molar-refractivity contribution is -0.126. The Hall–Kier alpha value is -3.06. The molecule has 1 fully saturated rings. The van der Waals surface area contributed by atoms with Gasteiger partial charge in [-0.15, -0.1) is 0 Å². The van der Waals surface area contributed by atoms with Crippen LogP contribution in [0.5, 0.6) is 0 Å². The Morgan fingerprint density at radius 3 is 2.59 bits per heavy atom. The van der Waals surface area contributed by atoms with Crippen LogP contribution in [0, 0.1) is 19.8 Å². The SMILES string of the molecule is Cc1nn(Cc2ccccc2Cl)c(C)c1C(=O)N1CCC(C(=O)NCc2ccco2)CC1. The summed E-state index contributed by atoms with van der Waals surface area (Å²) >= 11 is 6.29. The molecule has 3 heterocycles. The number of hydrogen-bond donors (Lipinski definition) is 1. The van der Waals surface area contributed by atoms with Crippen LogP contribution in [-0.2, 0) is 17.9 Å². The Morgan fingerprint density at radius 1 is 1.16 bits per heavy atom. The summed E-state index contributed by atoms with van der Waals surface area (Å²) in [7, 11) is 0. The standard InChI is InChI=1S/C24H27ClN4O3/c1-16-22(17(2)29(27-16)15-19-6-3-4-8-21(19)25)24(31)28-11-9-18(10-12-28)23(30)26-14-20-7-5-13-32-20/h3-8,13,18H,9-12,14-15H2,1-2H3,(H,26,30). The topological polar surface area (TPSA) is 80.4 Å². The van der Waals surface area contributed by atoms with E-state index in [4.69, 9.17) is 16.0 Å². The predicted octanol–water partition coefficient (Wildman–Crippen LogP) is 3.96. The zero-order chi connectivity index (χ0) is 22.7. The van der Waals surface area contributed by atoms with Crippen molar-refractivity contribution in [3.63, 3.8) is 0 Å². The highest BCUT2D eigenvalue weighted by molar-refractivity contribution is 6.31. The van der Waals surface area contributed by atoms with Gasteiger partial charge in [-0.2, -0.15) is 5.10 Å². The number of hydrogen-bond acceptors (Lipinski definition) is 4. The molecule has 8 heteroatoms. The Bertz CT molecular complexity index is 1100. The maximum atomic E-state index is 13.3. The molecule has 1 saturated heterocycles. The molecule has 1 aliphatic rings. The normalized spacial score (nSPS) is 14.5. The first kappa shape index (κ1) is 22.1. The van der Waals surface area contributed by atoms with Crippen LogP contribution in [0.15, 0.2) is 47.1 Å². The predicted molar refractivity (Wildman–Crippen MR) is 121 cm³/mol. The lowest BCUT2D eigenvalue weighted by atomic mass is 9.95. The molecular formula is C24H27ClN4O3. The maximum absolute atomic E-state index is 13.3. The molecule has 0 spiro atoms. The van der Waals surface area contributed by atoms with Gasteiger partial charge < -0.3 is 14.6 Å². The number of carbonyl (C=O) groups excluding carboxylic acids is 2. The molecule has 0 atom stereocenters. The minimum absolute atomic E-state index is 0.00780. The van der Waals surface area contributed by atoms with E-state index < -0.39 is 0 Å². The Morgan fingerprint density at radius 2 is 1.91 bits per heavy atom. The molecule has 1 N–H and O–H groups in total. The van der Waals surface area contributed by atoms with Gasteiger partial charge in [0.2, 0.25) is 5.91 Å². The summed E-state index contributed by atoms with van der Waals surface area (Å²) in [5, 5.41) is 8.19. The van der Waals surface area contributed by atoms with Crippen LogP contribution in [0.2, 0.25) is 5.02 Å². The molecule has 7 nitrogen and oxygen atoms in total. The van der Waals surface area contributed by atoms with Gasteiger partial charge in [0.15, 0.2) is 0 Å². The van der Waals surface area contributed by atoms with Crippen molar-refractivity contribution >= 4 is 23.4 Å². The minimum atomic E-state index is -0.0980. The van der Waals surface area contributed by atoms with Gasteiger partial charge in [0.25, 0.3) is 5.91 Å². The van der Waals surface area contributed by atoms with Gasteiger partial charge in [0.05, 0.1) is 30.6 Å². The summed E-state index contributed by atoms with van der Waals surface area (Å²) in [5.74, 6) is 0.609. The summed E-state index contributed by atoms with van der Waals surface area (Å²) in [6.07, 6.45) is 2.87. The van der Waals surface area contributed by atoms with Crippen molar-refractivity contribution in [3.05, 3.63) is 76.0 Å². The number of nitrogens with one attached hydrogen (secondary N) is 1. The number of likely N-dealkylation sites (tertiary alicyclic amines) is 1. The third kappa shape index (κ3) is 4.72. The number of amides is 2. The summed E-state index contributed by atoms with van der Waals surface area (Å²) in [6, 6.07) is 11.3. The van der Waals surface area contributed by atoms with Gasteiger partial charge in [0, 0.05) is 29.7 Å². The van der Waals surface area contributed by atoms with E-state index in [1.54, 1.807) is 12.3 Å². The number of nitrogens with zero attached hydrogens (tertiary/aromatic N) is 3. The van der Waals surface area contributed by atoms with Crippen molar-refractivity contribution in [2.75, 3.05) is 13.1 Å². The molecule has 0 aliphatic carbocycles. The highest BCUT2D eigenvalue weighted by Crippen LogP contribution is 2.24. The van der Waals surface area contributed by atoms with Crippen molar-refractivity contribution in [1.82, 2.24) is 20.0 Å². The molecule has 0 saturated carbocycles. The fraction of sp³-hybridized carbons (Fsp3) is 0.375. The Labute approximate surface area is 192 Å². The molecule has 1 aliphatic heterocycles. The van der Waals surface area contributed by atoms with E-state index in [0.717, 1.165) is 17.0 Å². The highest BCUT2D eigenvalue weighted by atomic mass is 35.5. The molecule has 4 rings (SSSR count). The maximum Gasteiger partial charge on any atom is 0.257 e. The van der Waals surface area contributed by atoms with Gasteiger partial charge in [-0.25, -0.2) is 0 Å². The largest absolute Gasteiger partial charge is 0.467 e. The van der Waals surface area contributed by atoms with Crippen LogP contribution in [0.1, 0.15) is 45.9 Å². The average molecular weight is 455 g/mol. The van der Waals surface area contributed by atoms with Crippen molar-refractivity contribution in [2.24, 2.45) is 5.92 Å². The lowest BCUT2D eigenvalue weighted by Crippen LogP contribution is -2.43. The van der Waals surface area contributed by atoms with E-state index in [2.05, 4.69) is 10.4 Å². The van der Waals surface area contributed by atoms with Gasteiger partial charge in [-0.3, -0.25) is 14.3 Å². The first-order valence-electron chi connectivity index (χ1n) is 10.8. The zero-order valence-corrected chi connectivity index (χ0v) is 19.1. The molecule has 32 heavy (non-hydrogen) atoms. The van der Waals surface area contributed by atoms with Gasteiger partial charge in [-0.05, 0) is 50.5 Å². The summed E-state index contributed by atoms with van der Waals surface area (Å²) in [6.45, 7) is 5.76. The smallest absolute Gasteiger partial charge is 0.257 e. The van der Waals surface area contributed by atoms with Gasteiger partial charge >= 0.3 is 0 Å². The van der Waals surface area contributed by atoms with E-state index in [9.17, 15) is 9.59 Å². The first-order chi connectivity index (χ1) is 15.4. The second-order valence-electron chi connectivity index (χ2n) is 8.16. The van der Waals surface area contributed by atoms with Crippen molar-refractivity contribution < 1.29 is 14.0 Å². The summed E-state index contributed by atoms with van der Waals surface area (Å²) in [4.78, 5) is 27.6. The number of aromatic nitrogens is 2. The van der Waals surface area contributed by atoms with E-state index in [0.29, 0.717) is 55.3 Å². The molecular weight excluding hydrogens is 428 g/mol. The molecule has 3 aromatic rings. The number of carbonyl (C=O) groups is 2. The van der Waals surface area contributed by atoms with Gasteiger partial charge in [-0.1, -0.05) is 29.8 Å². The van der Waals surface area contributed by atoms with Crippen LogP contribution in [0.3, 0.4) is 0 Å². The molecule has 1 aromatic carbocycles. The number of aryl methyl sites for hydroxylation is 1. The third-order valence-corrected chi connectivity index (χ3v) is 6.41. The Balaban J connectivity index is 1.37. The Kier molecular flexibility index (Phi) is 6.65. The number of rotatable bonds is 6. The number of piperidine rings is 1. The molecule has 168 valence electrons. The van der Waals surface area contributed by atoms with Gasteiger partial charge in [0.1, 0.15) is 5.76 Å². The lowest BCUT2D eigenvalue weighted by Gasteiger charge is -2.31. The molecule has 0 bridgehead atoms. The van der Waals surface area contributed by atoms with Crippen molar-refractivity contribution in [1.29, 1.82) is 0 Å². The second-order valence-corrected chi connectivity index (χ2v) is 8.57. The fourth-order valence-electron chi connectivity index (χ4n) is 4.18. The molecule has 0 unspecified atom stereocenters. The number of halogens is 1. The second kappa shape index (κ2) is 9.61. The van der Waals surface area contributed by atoms with Crippen LogP contribution < -0.4 is 5.32 Å². The van der Waals surface area contributed by atoms with Crippen molar-refractivity contribution in [3.8, 4) is 0 Å². The monoisotopic (exact) mass is 454 g/mol. The van der Waals surface area contributed by atoms with E-state index in [1.165, 1.54) is 0 Å². The minimum Gasteiger partial charge on any atom is -0.467 e. The average Bonchev–Trinajstić information content (AvgIpc) is 3.41. The fourth-order valence-corrected chi connectivity index (χ4v) is 4.38. The van der Waals surface area contributed by atoms with Crippen LogP contribution in [0.25, 0.3) is 0 Å². The number of furan rings is 1. The summed E-state index contributed by atoms with van der Waals surface area (Å²) < 4.78 is 7.09.